The second kappa shape index (κ2) is 6.18. The van der Waals surface area contributed by atoms with Gasteiger partial charge >= 0.3 is 0 Å². The van der Waals surface area contributed by atoms with Crippen molar-refractivity contribution in [3.05, 3.63) is 54.4 Å². The van der Waals surface area contributed by atoms with Crippen molar-refractivity contribution in [3.63, 3.8) is 0 Å². The molecule has 0 aliphatic heterocycles. The molecule has 1 heterocycles. The second-order valence-corrected chi connectivity index (χ2v) is 5.96. The van der Waals surface area contributed by atoms with Crippen LogP contribution in [0.1, 0.15) is 32.3 Å². The van der Waals surface area contributed by atoms with Crippen LogP contribution in [-0.4, -0.2) is 32.7 Å². The highest BCUT2D eigenvalue weighted by atomic mass is 16.2. The van der Waals surface area contributed by atoms with Crippen LogP contribution < -0.4 is 0 Å². The number of carbonyl (C=O) groups excluding carboxylic acids is 1. The summed E-state index contributed by atoms with van der Waals surface area (Å²) in [4.78, 5) is 14.3. The minimum Gasteiger partial charge on any atom is -0.334 e. The fourth-order valence-corrected chi connectivity index (χ4v) is 2.61. The molecule has 1 aromatic carbocycles. The molecule has 0 bridgehead atoms. The molecule has 4 heteroatoms. The molecule has 3 rings (SSSR count). The van der Waals surface area contributed by atoms with E-state index < -0.39 is 0 Å². The molecule has 4 nitrogen and oxygen atoms in total. The van der Waals surface area contributed by atoms with Gasteiger partial charge in [0.15, 0.2) is 0 Å². The Balaban J connectivity index is 1.70. The molecule has 0 spiro atoms. The van der Waals surface area contributed by atoms with Crippen LogP contribution in [-0.2, 0) is 4.79 Å². The Morgan fingerprint density at radius 3 is 2.68 bits per heavy atom. The van der Waals surface area contributed by atoms with Crippen molar-refractivity contribution in [1.82, 2.24) is 14.7 Å². The number of hydrogen-bond acceptors (Lipinski definition) is 2. The number of benzene rings is 1. The van der Waals surface area contributed by atoms with E-state index in [2.05, 4.69) is 18.9 Å². The number of hydrogen-bond donors (Lipinski definition) is 0. The van der Waals surface area contributed by atoms with Crippen LogP contribution in [0.2, 0.25) is 0 Å². The molecule has 0 N–H and O–H groups in total. The second-order valence-electron chi connectivity index (χ2n) is 5.96. The molecular formula is C18H21N3O. The van der Waals surface area contributed by atoms with Crippen LogP contribution in [0.3, 0.4) is 0 Å². The Labute approximate surface area is 131 Å². The number of rotatable bonds is 5. The summed E-state index contributed by atoms with van der Waals surface area (Å²) in [7, 11) is 0. The monoisotopic (exact) mass is 295 g/mol. The average Bonchev–Trinajstić information content (AvgIpc) is 3.22. The van der Waals surface area contributed by atoms with Crippen molar-refractivity contribution in [2.24, 2.45) is 0 Å². The predicted octanol–water partition coefficient (Wildman–Crippen LogP) is 3.28. The van der Waals surface area contributed by atoms with Crippen molar-refractivity contribution < 1.29 is 4.79 Å². The van der Waals surface area contributed by atoms with Crippen molar-refractivity contribution in [1.29, 1.82) is 0 Å². The van der Waals surface area contributed by atoms with Gasteiger partial charge in [-0.05, 0) is 44.9 Å². The SMILES string of the molecule is CC(C)N(C(=O)/C=C/c1cnn(-c2ccccc2)c1)C1CC1. The molecule has 2 aromatic rings. The molecule has 1 aromatic heterocycles. The average molecular weight is 295 g/mol. The molecular weight excluding hydrogens is 274 g/mol. The van der Waals surface area contributed by atoms with Gasteiger partial charge in [-0.25, -0.2) is 4.68 Å². The number of aromatic nitrogens is 2. The van der Waals surface area contributed by atoms with E-state index in [9.17, 15) is 4.79 Å². The largest absolute Gasteiger partial charge is 0.334 e. The maximum absolute atomic E-state index is 12.3. The summed E-state index contributed by atoms with van der Waals surface area (Å²) in [5.41, 5.74) is 1.94. The van der Waals surface area contributed by atoms with Crippen LogP contribution >= 0.6 is 0 Å². The van der Waals surface area contributed by atoms with Gasteiger partial charge in [-0.2, -0.15) is 5.10 Å². The lowest BCUT2D eigenvalue weighted by atomic mass is 10.2. The van der Waals surface area contributed by atoms with Gasteiger partial charge < -0.3 is 4.90 Å². The molecule has 22 heavy (non-hydrogen) atoms. The molecule has 0 radical (unpaired) electrons. The van der Waals surface area contributed by atoms with E-state index in [4.69, 9.17) is 0 Å². The summed E-state index contributed by atoms with van der Waals surface area (Å²) in [6, 6.07) is 10.6. The fraction of sp³-hybridized carbons (Fsp3) is 0.333. The van der Waals surface area contributed by atoms with Crippen molar-refractivity contribution in [2.75, 3.05) is 0 Å². The summed E-state index contributed by atoms with van der Waals surface area (Å²) in [5, 5.41) is 4.33. The van der Waals surface area contributed by atoms with Crippen LogP contribution in [0, 0.1) is 0 Å². The smallest absolute Gasteiger partial charge is 0.247 e. The minimum absolute atomic E-state index is 0.0879. The Bertz CT molecular complexity index is 667. The van der Waals surface area contributed by atoms with Gasteiger partial charge in [-0.15, -0.1) is 0 Å². The van der Waals surface area contributed by atoms with Crippen molar-refractivity contribution in [3.8, 4) is 5.69 Å². The standard InChI is InChI=1S/C18H21N3O/c1-14(2)21(17-9-10-17)18(22)11-8-15-12-19-20(13-15)16-6-4-3-5-7-16/h3-8,11-14,17H,9-10H2,1-2H3/b11-8+. The summed E-state index contributed by atoms with van der Waals surface area (Å²) in [6.45, 7) is 4.13. The zero-order valence-electron chi connectivity index (χ0n) is 13.0. The number of para-hydroxylation sites is 1. The molecule has 0 atom stereocenters. The summed E-state index contributed by atoms with van der Waals surface area (Å²) < 4.78 is 1.81. The van der Waals surface area contributed by atoms with Crippen molar-refractivity contribution >= 4 is 12.0 Å². The maximum Gasteiger partial charge on any atom is 0.247 e. The summed E-state index contributed by atoms with van der Waals surface area (Å²) in [5.74, 6) is 0.0879. The van der Waals surface area contributed by atoms with Gasteiger partial charge in [-0.1, -0.05) is 18.2 Å². The third-order valence-electron chi connectivity index (χ3n) is 3.79. The Kier molecular flexibility index (Phi) is 4.09. The zero-order valence-corrected chi connectivity index (χ0v) is 13.0. The van der Waals surface area contributed by atoms with Gasteiger partial charge in [0.25, 0.3) is 0 Å². The third kappa shape index (κ3) is 3.27. The Hall–Kier alpha value is -2.36. The molecule has 1 amide bonds. The highest BCUT2D eigenvalue weighted by molar-refractivity contribution is 5.92. The van der Waals surface area contributed by atoms with Gasteiger partial charge in [0.2, 0.25) is 5.91 Å². The van der Waals surface area contributed by atoms with Gasteiger partial charge in [-0.3, -0.25) is 4.79 Å². The lowest BCUT2D eigenvalue weighted by Gasteiger charge is -2.25. The predicted molar refractivity (Wildman–Crippen MR) is 87.6 cm³/mol. The molecule has 1 fully saturated rings. The van der Waals surface area contributed by atoms with Crippen molar-refractivity contribution in [2.45, 2.75) is 38.8 Å². The number of nitrogens with zero attached hydrogens (tertiary/aromatic N) is 3. The third-order valence-corrected chi connectivity index (χ3v) is 3.79. The Morgan fingerprint density at radius 1 is 1.32 bits per heavy atom. The first-order valence-electron chi connectivity index (χ1n) is 7.75. The first kappa shape index (κ1) is 14.6. The first-order chi connectivity index (χ1) is 10.6. The Morgan fingerprint density at radius 2 is 2.05 bits per heavy atom. The highest BCUT2D eigenvalue weighted by Gasteiger charge is 2.33. The minimum atomic E-state index is 0.0879. The van der Waals surface area contributed by atoms with E-state index in [1.807, 2.05) is 52.2 Å². The molecule has 0 saturated heterocycles. The van der Waals surface area contributed by atoms with E-state index in [1.54, 1.807) is 12.3 Å². The molecule has 0 unspecified atom stereocenters. The summed E-state index contributed by atoms with van der Waals surface area (Å²) >= 11 is 0. The van der Waals surface area contributed by atoms with Crippen LogP contribution in [0.5, 0.6) is 0 Å². The summed E-state index contributed by atoms with van der Waals surface area (Å²) in [6.07, 6.45) is 9.45. The zero-order chi connectivity index (χ0) is 15.5. The van der Waals surface area contributed by atoms with Crippen LogP contribution in [0.4, 0.5) is 0 Å². The highest BCUT2D eigenvalue weighted by Crippen LogP contribution is 2.28. The lowest BCUT2D eigenvalue weighted by molar-refractivity contribution is -0.128. The van der Waals surface area contributed by atoms with E-state index in [0.717, 1.165) is 24.1 Å². The quantitative estimate of drug-likeness (QED) is 0.794. The number of carbonyl (C=O) groups is 1. The number of amides is 1. The van der Waals surface area contributed by atoms with Crippen LogP contribution in [0.15, 0.2) is 48.8 Å². The van der Waals surface area contributed by atoms with Crippen LogP contribution in [0.25, 0.3) is 11.8 Å². The molecule has 1 aliphatic carbocycles. The molecule has 1 saturated carbocycles. The molecule has 114 valence electrons. The molecule has 1 aliphatic rings. The van der Waals surface area contributed by atoms with Gasteiger partial charge in [0.1, 0.15) is 0 Å². The fourth-order valence-electron chi connectivity index (χ4n) is 2.61. The van der Waals surface area contributed by atoms with Gasteiger partial charge in [0.05, 0.1) is 11.9 Å². The van der Waals surface area contributed by atoms with E-state index >= 15 is 0 Å². The topological polar surface area (TPSA) is 38.1 Å². The lowest BCUT2D eigenvalue weighted by Crippen LogP contribution is -2.37. The van der Waals surface area contributed by atoms with Gasteiger partial charge in [0, 0.05) is 29.9 Å². The van der Waals surface area contributed by atoms with E-state index in [-0.39, 0.29) is 11.9 Å². The normalized spacial score (nSPS) is 14.7. The van der Waals surface area contributed by atoms with E-state index in [0.29, 0.717) is 6.04 Å². The maximum atomic E-state index is 12.3. The first-order valence-corrected chi connectivity index (χ1v) is 7.75. The van der Waals surface area contributed by atoms with E-state index in [1.165, 1.54) is 0 Å².